The normalized spacial score (nSPS) is 25.2. The number of nitrogens with zero attached hydrogens (tertiary/aromatic N) is 2. The Morgan fingerprint density at radius 2 is 2.33 bits per heavy atom. The van der Waals surface area contributed by atoms with Gasteiger partial charge in [-0.25, -0.2) is 8.42 Å². The molecule has 1 saturated heterocycles. The second-order valence-corrected chi connectivity index (χ2v) is 6.35. The van der Waals surface area contributed by atoms with E-state index in [1.54, 1.807) is 16.9 Å². The SMILES string of the molecule is Nc1ccn(CC2CCCCS2(=O)=O)n1. The molecule has 1 aliphatic rings. The summed E-state index contributed by atoms with van der Waals surface area (Å²) in [6, 6.07) is 1.68. The van der Waals surface area contributed by atoms with Crippen molar-refractivity contribution in [2.24, 2.45) is 0 Å². The second kappa shape index (κ2) is 3.84. The minimum Gasteiger partial charge on any atom is -0.382 e. The van der Waals surface area contributed by atoms with E-state index in [2.05, 4.69) is 5.10 Å². The molecule has 1 fully saturated rings. The highest BCUT2D eigenvalue weighted by Gasteiger charge is 2.29. The predicted molar refractivity (Wildman–Crippen MR) is 58.1 cm³/mol. The van der Waals surface area contributed by atoms with Crippen molar-refractivity contribution in [2.75, 3.05) is 11.5 Å². The molecule has 0 saturated carbocycles. The summed E-state index contributed by atoms with van der Waals surface area (Å²) in [6.07, 6.45) is 4.24. The third-order valence-electron chi connectivity index (χ3n) is 2.76. The first kappa shape index (κ1) is 10.5. The van der Waals surface area contributed by atoms with Gasteiger partial charge in [0.15, 0.2) is 9.84 Å². The summed E-state index contributed by atoms with van der Waals surface area (Å²) >= 11 is 0. The molecule has 0 radical (unpaired) electrons. The number of hydrogen-bond donors (Lipinski definition) is 1. The summed E-state index contributed by atoms with van der Waals surface area (Å²) in [6.45, 7) is 0.430. The Morgan fingerprint density at radius 3 is 2.93 bits per heavy atom. The van der Waals surface area contributed by atoms with Crippen LogP contribution < -0.4 is 5.73 Å². The molecule has 2 heterocycles. The van der Waals surface area contributed by atoms with Gasteiger partial charge in [0, 0.05) is 6.20 Å². The topological polar surface area (TPSA) is 78.0 Å². The highest BCUT2D eigenvalue weighted by Crippen LogP contribution is 2.20. The number of hydrogen-bond acceptors (Lipinski definition) is 4. The first-order chi connectivity index (χ1) is 7.08. The van der Waals surface area contributed by atoms with Crippen LogP contribution in [0.15, 0.2) is 12.3 Å². The lowest BCUT2D eigenvalue weighted by atomic mass is 10.2. The zero-order valence-corrected chi connectivity index (χ0v) is 9.28. The van der Waals surface area contributed by atoms with Crippen molar-refractivity contribution in [1.82, 2.24) is 9.78 Å². The van der Waals surface area contributed by atoms with Crippen LogP contribution in [0.4, 0.5) is 5.82 Å². The molecule has 0 aliphatic carbocycles. The molecule has 1 aliphatic heterocycles. The third-order valence-corrected chi connectivity index (χ3v) is 5.02. The molecule has 0 amide bonds. The molecular formula is C9H15N3O2S. The fourth-order valence-electron chi connectivity index (χ4n) is 1.91. The standard InChI is InChI=1S/C9H15N3O2S/c10-9-4-5-12(11-9)7-8-3-1-2-6-15(8,13)14/h4-5,8H,1-3,6-7H2,(H2,10,11). The first-order valence-electron chi connectivity index (χ1n) is 5.08. The van der Waals surface area contributed by atoms with Gasteiger partial charge in [-0.1, -0.05) is 6.42 Å². The zero-order valence-electron chi connectivity index (χ0n) is 8.46. The van der Waals surface area contributed by atoms with Crippen molar-refractivity contribution in [2.45, 2.75) is 31.1 Å². The van der Waals surface area contributed by atoms with Crippen molar-refractivity contribution in [1.29, 1.82) is 0 Å². The van der Waals surface area contributed by atoms with Crippen molar-refractivity contribution in [3.63, 3.8) is 0 Å². The van der Waals surface area contributed by atoms with Gasteiger partial charge in [0.25, 0.3) is 0 Å². The summed E-state index contributed by atoms with van der Waals surface area (Å²) in [5, 5.41) is 3.71. The Balaban J connectivity index is 2.11. The predicted octanol–water partition coefficient (Wildman–Crippen LogP) is 0.433. The van der Waals surface area contributed by atoms with Crippen molar-refractivity contribution >= 4 is 15.7 Å². The van der Waals surface area contributed by atoms with E-state index in [1.807, 2.05) is 0 Å². The van der Waals surface area contributed by atoms with Crippen LogP contribution in [0.3, 0.4) is 0 Å². The van der Waals surface area contributed by atoms with Crippen LogP contribution in [0, 0.1) is 0 Å². The maximum atomic E-state index is 11.7. The van der Waals surface area contributed by atoms with Crippen LogP contribution >= 0.6 is 0 Å². The Labute approximate surface area is 89.2 Å². The van der Waals surface area contributed by atoms with Gasteiger partial charge in [-0.3, -0.25) is 4.68 Å². The van der Waals surface area contributed by atoms with Gasteiger partial charge in [-0.15, -0.1) is 0 Å². The van der Waals surface area contributed by atoms with Gasteiger partial charge in [0.05, 0.1) is 17.5 Å². The van der Waals surface area contributed by atoms with Crippen molar-refractivity contribution in [3.8, 4) is 0 Å². The van der Waals surface area contributed by atoms with E-state index < -0.39 is 9.84 Å². The third kappa shape index (κ3) is 2.31. The van der Waals surface area contributed by atoms with Crippen LogP contribution in [-0.2, 0) is 16.4 Å². The molecule has 0 aromatic carbocycles. The Bertz CT molecular complexity index is 438. The lowest BCUT2D eigenvalue weighted by molar-refractivity contribution is 0.491. The molecule has 84 valence electrons. The molecule has 1 aromatic rings. The zero-order chi connectivity index (χ0) is 10.9. The minimum atomic E-state index is -2.91. The van der Waals surface area contributed by atoms with Gasteiger partial charge >= 0.3 is 0 Å². The molecule has 1 unspecified atom stereocenters. The average molecular weight is 229 g/mol. The molecular weight excluding hydrogens is 214 g/mol. The maximum absolute atomic E-state index is 11.7. The second-order valence-electron chi connectivity index (χ2n) is 3.95. The van der Waals surface area contributed by atoms with E-state index >= 15 is 0 Å². The van der Waals surface area contributed by atoms with Gasteiger partial charge in [0.2, 0.25) is 0 Å². The molecule has 15 heavy (non-hydrogen) atoms. The molecule has 1 atom stereocenters. The number of rotatable bonds is 2. The molecule has 0 bridgehead atoms. The molecule has 0 spiro atoms. The number of nitrogen functional groups attached to an aromatic ring is 1. The van der Waals surface area contributed by atoms with Crippen LogP contribution in [-0.4, -0.2) is 29.2 Å². The van der Waals surface area contributed by atoms with E-state index in [4.69, 9.17) is 5.73 Å². The van der Waals surface area contributed by atoms with Gasteiger partial charge in [-0.05, 0) is 18.9 Å². The summed E-state index contributed by atoms with van der Waals surface area (Å²) in [5.41, 5.74) is 5.47. The summed E-state index contributed by atoms with van der Waals surface area (Å²) in [5.74, 6) is 0.747. The van der Waals surface area contributed by atoms with Gasteiger partial charge < -0.3 is 5.73 Å². The molecule has 1 aromatic heterocycles. The van der Waals surface area contributed by atoms with Gasteiger partial charge in [0.1, 0.15) is 5.82 Å². The smallest absolute Gasteiger partial charge is 0.154 e. The summed E-state index contributed by atoms with van der Waals surface area (Å²) in [7, 11) is -2.91. The number of anilines is 1. The minimum absolute atomic E-state index is 0.287. The van der Waals surface area contributed by atoms with E-state index in [9.17, 15) is 8.42 Å². The van der Waals surface area contributed by atoms with E-state index in [1.165, 1.54) is 0 Å². The quantitative estimate of drug-likeness (QED) is 0.797. The first-order valence-corrected chi connectivity index (χ1v) is 6.80. The van der Waals surface area contributed by atoms with Crippen LogP contribution in [0.5, 0.6) is 0 Å². The largest absolute Gasteiger partial charge is 0.382 e. The fraction of sp³-hybridized carbons (Fsp3) is 0.667. The number of nitrogens with two attached hydrogens (primary N) is 1. The van der Waals surface area contributed by atoms with Crippen LogP contribution in [0.1, 0.15) is 19.3 Å². The molecule has 2 rings (SSSR count). The van der Waals surface area contributed by atoms with E-state index in [0.717, 1.165) is 19.3 Å². The summed E-state index contributed by atoms with van der Waals surface area (Å²) in [4.78, 5) is 0. The summed E-state index contributed by atoms with van der Waals surface area (Å²) < 4.78 is 25.1. The Hall–Kier alpha value is -1.04. The van der Waals surface area contributed by atoms with Crippen molar-refractivity contribution < 1.29 is 8.42 Å². The lowest BCUT2D eigenvalue weighted by Gasteiger charge is -2.21. The Morgan fingerprint density at radius 1 is 1.53 bits per heavy atom. The highest BCUT2D eigenvalue weighted by atomic mass is 32.2. The lowest BCUT2D eigenvalue weighted by Crippen LogP contribution is -2.32. The van der Waals surface area contributed by atoms with Crippen LogP contribution in [0.25, 0.3) is 0 Å². The Kier molecular flexibility index (Phi) is 2.68. The molecule has 5 nitrogen and oxygen atoms in total. The highest BCUT2D eigenvalue weighted by molar-refractivity contribution is 7.92. The average Bonchev–Trinajstić information content (AvgIpc) is 2.55. The van der Waals surface area contributed by atoms with E-state index in [-0.39, 0.29) is 5.25 Å². The molecule has 2 N–H and O–H groups in total. The number of sulfone groups is 1. The monoisotopic (exact) mass is 229 g/mol. The van der Waals surface area contributed by atoms with Crippen LogP contribution in [0.2, 0.25) is 0 Å². The van der Waals surface area contributed by atoms with Crippen molar-refractivity contribution in [3.05, 3.63) is 12.3 Å². The fourth-order valence-corrected chi connectivity index (χ4v) is 3.76. The van der Waals surface area contributed by atoms with E-state index in [0.29, 0.717) is 18.1 Å². The number of aromatic nitrogens is 2. The maximum Gasteiger partial charge on any atom is 0.154 e. The molecule has 6 heteroatoms. The van der Waals surface area contributed by atoms with Gasteiger partial charge in [-0.2, -0.15) is 5.10 Å².